The summed E-state index contributed by atoms with van der Waals surface area (Å²) in [5.74, 6) is 0.677. The first kappa shape index (κ1) is 10.0. The van der Waals surface area contributed by atoms with Gasteiger partial charge < -0.3 is 0 Å². The van der Waals surface area contributed by atoms with Crippen LogP contribution in [-0.2, 0) is 6.42 Å². The van der Waals surface area contributed by atoms with Crippen molar-refractivity contribution >= 4 is 0 Å². The summed E-state index contributed by atoms with van der Waals surface area (Å²) < 4.78 is 0. The smallest absolute Gasteiger partial charge is 0.0244 e. The first-order valence-corrected chi connectivity index (χ1v) is 4.99. The molecule has 0 aliphatic carbocycles. The van der Waals surface area contributed by atoms with Crippen LogP contribution in [0.3, 0.4) is 0 Å². The van der Waals surface area contributed by atoms with Crippen molar-refractivity contribution in [2.75, 3.05) is 0 Å². The zero-order valence-electron chi connectivity index (χ0n) is 8.53. The van der Waals surface area contributed by atoms with Crippen LogP contribution in [-0.4, -0.2) is 0 Å². The first-order chi connectivity index (χ1) is 6.29. The molecule has 0 saturated carbocycles. The summed E-state index contributed by atoms with van der Waals surface area (Å²) in [6.07, 6.45) is 6.85. The van der Waals surface area contributed by atoms with Gasteiger partial charge in [0, 0.05) is 0 Å². The monoisotopic (exact) mass is 174 g/mol. The van der Waals surface area contributed by atoms with Gasteiger partial charge in [-0.15, -0.1) is 0 Å². The van der Waals surface area contributed by atoms with Gasteiger partial charge in [-0.2, -0.15) is 0 Å². The molecular formula is C13H18. The largest absolute Gasteiger partial charge is 0.0880 e. The Morgan fingerprint density at radius 3 is 2.46 bits per heavy atom. The van der Waals surface area contributed by atoms with E-state index in [-0.39, 0.29) is 0 Å². The standard InChI is InChI=1S/C13H18/c1-12(2)8-6-7-11-13-9-4-3-5-10-13/h3-6,8-10,12H,7,11H2,1-2H3. The summed E-state index contributed by atoms with van der Waals surface area (Å²) in [6.45, 7) is 4.41. The van der Waals surface area contributed by atoms with Crippen molar-refractivity contribution in [2.45, 2.75) is 26.7 Å². The molecule has 0 N–H and O–H groups in total. The molecule has 0 nitrogen and oxygen atoms in total. The Bertz CT molecular complexity index is 244. The lowest BCUT2D eigenvalue weighted by molar-refractivity contribution is 0.821. The second-order valence-electron chi connectivity index (χ2n) is 3.70. The van der Waals surface area contributed by atoms with E-state index in [0.29, 0.717) is 5.92 Å². The van der Waals surface area contributed by atoms with E-state index in [1.165, 1.54) is 5.56 Å². The zero-order valence-corrected chi connectivity index (χ0v) is 8.53. The molecule has 0 radical (unpaired) electrons. The number of benzene rings is 1. The minimum Gasteiger partial charge on any atom is -0.0880 e. The number of aryl methyl sites for hydroxylation is 1. The molecule has 0 bridgehead atoms. The van der Waals surface area contributed by atoms with Gasteiger partial charge in [0.1, 0.15) is 0 Å². The summed E-state index contributed by atoms with van der Waals surface area (Å²) in [5.41, 5.74) is 1.43. The van der Waals surface area contributed by atoms with Crippen LogP contribution < -0.4 is 0 Å². The fourth-order valence-corrected chi connectivity index (χ4v) is 1.26. The van der Waals surface area contributed by atoms with Crippen LogP contribution in [0, 0.1) is 5.92 Å². The topological polar surface area (TPSA) is 0 Å². The van der Waals surface area contributed by atoms with E-state index >= 15 is 0 Å². The highest BCUT2D eigenvalue weighted by Crippen LogP contribution is 2.03. The van der Waals surface area contributed by atoms with Gasteiger partial charge in [0.15, 0.2) is 0 Å². The molecule has 0 heterocycles. The Morgan fingerprint density at radius 1 is 1.15 bits per heavy atom. The molecule has 1 aromatic carbocycles. The van der Waals surface area contributed by atoms with E-state index in [9.17, 15) is 0 Å². The van der Waals surface area contributed by atoms with Crippen molar-refractivity contribution in [1.82, 2.24) is 0 Å². The average Bonchev–Trinajstić information content (AvgIpc) is 2.14. The molecule has 13 heavy (non-hydrogen) atoms. The average molecular weight is 174 g/mol. The van der Waals surface area contributed by atoms with Gasteiger partial charge in [-0.1, -0.05) is 56.3 Å². The van der Waals surface area contributed by atoms with Crippen LogP contribution in [0.15, 0.2) is 42.5 Å². The van der Waals surface area contributed by atoms with Crippen LogP contribution >= 0.6 is 0 Å². The van der Waals surface area contributed by atoms with Gasteiger partial charge in [0.2, 0.25) is 0 Å². The third-order valence-electron chi connectivity index (χ3n) is 1.96. The summed E-state index contributed by atoms with van der Waals surface area (Å²) in [5, 5.41) is 0. The molecular weight excluding hydrogens is 156 g/mol. The molecule has 0 aliphatic heterocycles. The quantitative estimate of drug-likeness (QED) is 0.608. The SMILES string of the molecule is CC(C)C=CCCc1ccccc1. The summed E-state index contributed by atoms with van der Waals surface area (Å²) in [4.78, 5) is 0. The Labute approximate surface area is 81.3 Å². The third-order valence-corrected chi connectivity index (χ3v) is 1.96. The Balaban J connectivity index is 2.28. The van der Waals surface area contributed by atoms with Crippen molar-refractivity contribution in [3.05, 3.63) is 48.0 Å². The summed E-state index contributed by atoms with van der Waals surface area (Å²) in [7, 11) is 0. The van der Waals surface area contributed by atoms with Crippen LogP contribution in [0.2, 0.25) is 0 Å². The maximum absolute atomic E-state index is 2.28. The second-order valence-corrected chi connectivity index (χ2v) is 3.70. The predicted molar refractivity (Wildman–Crippen MR) is 58.7 cm³/mol. The lowest BCUT2D eigenvalue weighted by atomic mass is 10.1. The maximum atomic E-state index is 2.28. The highest BCUT2D eigenvalue weighted by Gasteiger charge is 1.88. The highest BCUT2D eigenvalue weighted by molar-refractivity contribution is 5.15. The van der Waals surface area contributed by atoms with Gasteiger partial charge in [-0.25, -0.2) is 0 Å². The Morgan fingerprint density at radius 2 is 1.85 bits per heavy atom. The van der Waals surface area contributed by atoms with Crippen LogP contribution in [0.5, 0.6) is 0 Å². The normalized spacial score (nSPS) is 11.3. The molecule has 0 saturated heterocycles. The molecule has 1 rings (SSSR count). The minimum absolute atomic E-state index is 0.677. The van der Waals surface area contributed by atoms with E-state index in [1.807, 2.05) is 0 Å². The maximum Gasteiger partial charge on any atom is -0.0244 e. The Hall–Kier alpha value is -1.04. The molecule has 1 aromatic rings. The predicted octanol–water partition coefficient (Wildman–Crippen LogP) is 3.83. The van der Waals surface area contributed by atoms with Gasteiger partial charge >= 0.3 is 0 Å². The molecule has 0 unspecified atom stereocenters. The molecule has 0 aliphatic rings. The van der Waals surface area contributed by atoms with Crippen LogP contribution in [0.1, 0.15) is 25.8 Å². The molecule has 0 heteroatoms. The van der Waals surface area contributed by atoms with Crippen LogP contribution in [0.25, 0.3) is 0 Å². The Kier molecular flexibility index (Phi) is 4.31. The molecule has 0 amide bonds. The molecule has 0 spiro atoms. The number of allylic oxidation sites excluding steroid dienone is 2. The van der Waals surface area contributed by atoms with Crippen molar-refractivity contribution < 1.29 is 0 Å². The van der Waals surface area contributed by atoms with Crippen LogP contribution in [0.4, 0.5) is 0 Å². The molecule has 0 atom stereocenters. The van der Waals surface area contributed by atoms with Crippen molar-refractivity contribution in [1.29, 1.82) is 0 Å². The van der Waals surface area contributed by atoms with Gasteiger partial charge in [0.25, 0.3) is 0 Å². The lowest BCUT2D eigenvalue weighted by Gasteiger charge is -1.97. The van der Waals surface area contributed by atoms with E-state index in [4.69, 9.17) is 0 Å². The van der Waals surface area contributed by atoms with Gasteiger partial charge in [0.05, 0.1) is 0 Å². The van der Waals surface area contributed by atoms with Gasteiger partial charge in [-0.3, -0.25) is 0 Å². The second kappa shape index (κ2) is 5.58. The van der Waals surface area contributed by atoms with E-state index in [2.05, 4.69) is 56.3 Å². The fraction of sp³-hybridized carbons (Fsp3) is 0.385. The zero-order chi connectivity index (χ0) is 9.52. The van der Waals surface area contributed by atoms with E-state index in [0.717, 1.165) is 12.8 Å². The number of hydrogen-bond donors (Lipinski definition) is 0. The third kappa shape index (κ3) is 4.51. The molecule has 70 valence electrons. The van der Waals surface area contributed by atoms with Gasteiger partial charge in [-0.05, 0) is 24.3 Å². The first-order valence-electron chi connectivity index (χ1n) is 4.99. The van der Waals surface area contributed by atoms with E-state index < -0.39 is 0 Å². The fourth-order valence-electron chi connectivity index (χ4n) is 1.26. The molecule has 0 fully saturated rings. The van der Waals surface area contributed by atoms with Crippen molar-refractivity contribution in [2.24, 2.45) is 5.92 Å². The summed E-state index contributed by atoms with van der Waals surface area (Å²) in [6, 6.07) is 10.6. The van der Waals surface area contributed by atoms with E-state index in [1.54, 1.807) is 0 Å². The van der Waals surface area contributed by atoms with Crippen molar-refractivity contribution in [3.63, 3.8) is 0 Å². The van der Waals surface area contributed by atoms with Crippen molar-refractivity contribution in [3.8, 4) is 0 Å². The lowest BCUT2D eigenvalue weighted by Crippen LogP contribution is -1.82. The molecule has 0 aromatic heterocycles. The highest BCUT2D eigenvalue weighted by atomic mass is 13.9. The summed E-state index contributed by atoms with van der Waals surface area (Å²) >= 11 is 0. The number of hydrogen-bond acceptors (Lipinski definition) is 0. The minimum atomic E-state index is 0.677. The number of rotatable bonds is 4.